The molecule has 1 aromatic carbocycles. The van der Waals surface area contributed by atoms with Crippen LogP contribution in [0.1, 0.15) is 66.4 Å². The van der Waals surface area contributed by atoms with Crippen LogP contribution in [-0.2, 0) is 9.59 Å². The second kappa shape index (κ2) is 10.1. The molecule has 1 fully saturated rings. The van der Waals surface area contributed by atoms with E-state index < -0.39 is 0 Å². The topological polar surface area (TPSA) is 66.5 Å². The van der Waals surface area contributed by atoms with E-state index in [0.717, 1.165) is 43.4 Å². The minimum Gasteiger partial charge on any atom is -0.356 e. The number of hydrogen-bond donors (Lipinski definition) is 1. The van der Waals surface area contributed by atoms with Gasteiger partial charge in [-0.2, -0.15) is 0 Å². The largest absolute Gasteiger partial charge is 0.356 e. The number of hydrogen-bond acceptors (Lipinski definition) is 3. The lowest BCUT2D eigenvalue weighted by Gasteiger charge is -2.20. The molecule has 0 saturated carbocycles. The van der Waals surface area contributed by atoms with E-state index in [4.69, 9.17) is 0 Å². The SMILES string of the molecule is Cc1ccc(C(=O)CCC(=O)NCCCN2CCCCCC2=O)cc1C. The highest BCUT2D eigenvalue weighted by Crippen LogP contribution is 2.13. The quantitative estimate of drug-likeness (QED) is 0.573. The van der Waals surface area contributed by atoms with Gasteiger partial charge >= 0.3 is 0 Å². The second-order valence-electron chi connectivity index (χ2n) is 7.12. The van der Waals surface area contributed by atoms with Crippen molar-refractivity contribution in [2.75, 3.05) is 19.6 Å². The standard InChI is InChI=1S/C21H30N2O3/c1-16-8-9-18(15-17(16)2)19(24)10-11-20(25)22-12-6-14-23-13-5-3-4-7-21(23)26/h8-9,15H,3-7,10-14H2,1-2H3,(H,22,25). The van der Waals surface area contributed by atoms with Crippen LogP contribution in [-0.4, -0.2) is 42.1 Å². The van der Waals surface area contributed by atoms with Crippen LogP contribution >= 0.6 is 0 Å². The normalized spacial score (nSPS) is 14.8. The number of benzene rings is 1. The van der Waals surface area contributed by atoms with E-state index in [1.165, 1.54) is 0 Å². The Balaban J connectivity index is 1.64. The maximum Gasteiger partial charge on any atom is 0.222 e. The maximum atomic E-state index is 12.2. The Bertz CT molecular complexity index is 655. The number of nitrogens with one attached hydrogen (secondary N) is 1. The average molecular weight is 358 g/mol. The van der Waals surface area contributed by atoms with E-state index in [-0.39, 0.29) is 30.4 Å². The Kier molecular flexibility index (Phi) is 7.82. The molecule has 0 radical (unpaired) electrons. The summed E-state index contributed by atoms with van der Waals surface area (Å²) in [5.41, 5.74) is 2.91. The van der Waals surface area contributed by atoms with Gasteiger partial charge in [-0.15, -0.1) is 0 Å². The molecule has 0 spiro atoms. The van der Waals surface area contributed by atoms with Crippen LogP contribution in [0.2, 0.25) is 0 Å². The molecular weight excluding hydrogens is 328 g/mol. The molecule has 0 aromatic heterocycles. The molecule has 1 aliphatic heterocycles. The number of aryl methyl sites for hydroxylation is 2. The molecular formula is C21H30N2O3. The molecule has 0 bridgehead atoms. The molecule has 0 unspecified atom stereocenters. The lowest BCUT2D eigenvalue weighted by atomic mass is 10.0. The van der Waals surface area contributed by atoms with E-state index in [0.29, 0.717) is 25.1 Å². The molecule has 2 amide bonds. The van der Waals surface area contributed by atoms with Crippen LogP contribution in [0.4, 0.5) is 0 Å². The summed E-state index contributed by atoms with van der Waals surface area (Å²) in [6.07, 6.45) is 5.00. The van der Waals surface area contributed by atoms with Crippen molar-refractivity contribution in [2.24, 2.45) is 0 Å². The summed E-state index contributed by atoms with van der Waals surface area (Å²) >= 11 is 0. The number of likely N-dealkylation sites (tertiary alicyclic amines) is 1. The van der Waals surface area contributed by atoms with E-state index in [2.05, 4.69) is 5.32 Å². The van der Waals surface area contributed by atoms with Gasteiger partial charge in [-0.25, -0.2) is 0 Å². The molecule has 0 aliphatic carbocycles. The minimum atomic E-state index is -0.107. The van der Waals surface area contributed by atoms with Crippen LogP contribution in [0.3, 0.4) is 0 Å². The molecule has 5 nitrogen and oxygen atoms in total. The van der Waals surface area contributed by atoms with Crippen molar-refractivity contribution in [3.63, 3.8) is 0 Å². The van der Waals surface area contributed by atoms with Crippen LogP contribution in [0, 0.1) is 13.8 Å². The van der Waals surface area contributed by atoms with Crippen molar-refractivity contribution in [3.8, 4) is 0 Å². The lowest BCUT2D eigenvalue weighted by molar-refractivity contribution is -0.130. The van der Waals surface area contributed by atoms with Gasteiger partial charge in [0.1, 0.15) is 0 Å². The van der Waals surface area contributed by atoms with Crippen LogP contribution < -0.4 is 5.32 Å². The van der Waals surface area contributed by atoms with Crippen molar-refractivity contribution in [2.45, 2.75) is 58.8 Å². The van der Waals surface area contributed by atoms with E-state index in [9.17, 15) is 14.4 Å². The Morgan fingerprint density at radius 3 is 2.65 bits per heavy atom. The van der Waals surface area contributed by atoms with Gasteiger partial charge in [0.2, 0.25) is 11.8 Å². The predicted octanol–water partition coefficient (Wildman–Crippen LogP) is 3.18. The van der Waals surface area contributed by atoms with Crippen molar-refractivity contribution >= 4 is 17.6 Å². The smallest absolute Gasteiger partial charge is 0.222 e. The van der Waals surface area contributed by atoms with Gasteiger partial charge in [0.15, 0.2) is 5.78 Å². The maximum absolute atomic E-state index is 12.2. The highest BCUT2D eigenvalue weighted by molar-refractivity contribution is 5.98. The first-order chi connectivity index (χ1) is 12.5. The molecule has 1 aromatic rings. The number of Topliss-reactive ketones (excluding diaryl/α,β-unsaturated/α-hetero) is 1. The Hall–Kier alpha value is -2.17. The molecule has 1 N–H and O–H groups in total. The van der Waals surface area contributed by atoms with Gasteiger partial charge < -0.3 is 10.2 Å². The molecule has 142 valence electrons. The highest BCUT2D eigenvalue weighted by atomic mass is 16.2. The summed E-state index contributed by atoms with van der Waals surface area (Å²) in [7, 11) is 0. The van der Waals surface area contributed by atoms with Crippen molar-refractivity contribution in [1.29, 1.82) is 0 Å². The Labute approximate surface area is 156 Å². The van der Waals surface area contributed by atoms with Crippen molar-refractivity contribution in [3.05, 3.63) is 34.9 Å². The average Bonchev–Trinajstić information content (AvgIpc) is 2.83. The van der Waals surface area contributed by atoms with Crippen molar-refractivity contribution < 1.29 is 14.4 Å². The van der Waals surface area contributed by atoms with Gasteiger partial charge in [0, 0.05) is 44.5 Å². The number of ketones is 1. The first kappa shape index (κ1) is 20.1. The fourth-order valence-corrected chi connectivity index (χ4v) is 3.15. The summed E-state index contributed by atoms with van der Waals surface area (Å²) in [5.74, 6) is 0.121. The fourth-order valence-electron chi connectivity index (χ4n) is 3.15. The second-order valence-corrected chi connectivity index (χ2v) is 7.12. The molecule has 26 heavy (non-hydrogen) atoms. The molecule has 1 aliphatic rings. The number of rotatable bonds is 8. The minimum absolute atomic E-state index is 0.00147. The summed E-state index contributed by atoms with van der Waals surface area (Å²) in [4.78, 5) is 37.9. The number of amides is 2. The molecule has 2 rings (SSSR count). The fraction of sp³-hybridized carbons (Fsp3) is 0.571. The summed E-state index contributed by atoms with van der Waals surface area (Å²) in [6, 6.07) is 5.64. The molecule has 1 heterocycles. The highest BCUT2D eigenvalue weighted by Gasteiger charge is 2.16. The zero-order valence-electron chi connectivity index (χ0n) is 16.0. The van der Waals surface area contributed by atoms with E-state index >= 15 is 0 Å². The third-order valence-electron chi connectivity index (χ3n) is 5.01. The first-order valence-electron chi connectivity index (χ1n) is 9.62. The summed E-state index contributed by atoms with van der Waals surface area (Å²) < 4.78 is 0. The van der Waals surface area contributed by atoms with Gasteiger partial charge in [-0.3, -0.25) is 14.4 Å². The monoisotopic (exact) mass is 358 g/mol. The zero-order valence-corrected chi connectivity index (χ0v) is 16.0. The van der Waals surface area contributed by atoms with Gasteiger partial charge in [-0.1, -0.05) is 18.6 Å². The van der Waals surface area contributed by atoms with Crippen LogP contribution in [0.5, 0.6) is 0 Å². The van der Waals surface area contributed by atoms with Gasteiger partial charge in [0.25, 0.3) is 0 Å². The third-order valence-corrected chi connectivity index (χ3v) is 5.01. The molecule has 0 atom stereocenters. The van der Waals surface area contributed by atoms with E-state index in [1.54, 1.807) is 0 Å². The van der Waals surface area contributed by atoms with Gasteiger partial charge in [-0.05, 0) is 50.3 Å². The third kappa shape index (κ3) is 6.28. The summed E-state index contributed by atoms with van der Waals surface area (Å²) in [5, 5.41) is 2.85. The molecule has 1 saturated heterocycles. The predicted molar refractivity (Wildman–Crippen MR) is 102 cm³/mol. The van der Waals surface area contributed by atoms with E-state index in [1.807, 2.05) is 36.9 Å². The molecule has 5 heteroatoms. The summed E-state index contributed by atoms with van der Waals surface area (Å²) in [6.45, 7) is 6.06. The Morgan fingerprint density at radius 2 is 1.88 bits per heavy atom. The number of carbonyl (C=O) groups excluding carboxylic acids is 3. The van der Waals surface area contributed by atoms with Gasteiger partial charge in [0.05, 0.1) is 0 Å². The zero-order chi connectivity index (χ0) is 18.9. The number of nitrogens with zero attached hydrogens (tertiary/aromatic N) is 1. The van der Waals surface area contributed by atoms with Crippen LogP contribution in [0.15, 0.2) is 18.2 Å². The Morgan fingerprint density at radius 1 is 1.08 bits per heavy atom. The first-order valence-corrected chi connectivity index (χ1v) is 9.62. The number of carbonyl (C=O) groups is 3. The lowest BCUT2D eigenvalue weighted by Crippen LogP contribution is -2.34. The van der Waals surface area contributed by atoms with Crippen molar-refractivity contribution in [1.82, 2.24) is 10.2 Å². The van der Waals surface area contributed by atoms with Crippen LogP contribution in [0.25, 0.3) is 0 Å².